The summed E-state index contributed by atoms with van der Waals surface area (Å²) < 4.78 is 0. The number of aromatic amines is 2. The van der Waals surface area contributed by atoms with E-state index in [1.165, 1.54) is 6.07 Å². The standard InChI is InChI=1S/C14H17N3O2/c1-2-4-10-7-8-12(16-10)14(19)15-9-11-5-3-6-13(18)17-11/h3,5-8,16H,2,4,9H2,1H3,(H,15,19)(H,17,18). The Hall–Kier alpha value is -2.30. The van der Waals surface area contributed by atoms with Crippen molar-refractivity contribution in [2.75, 3.05) is 0 Å². The van der Waals surface area contributed by atoms with Gasteiger partial charge in [-0.15, -0.1) is 0 Å². The smallest absolute Gasteiger partial charge is 0.268 e. The van der Waals surface area contributed by atoms with Crippen LogP contribution in [0.3, 0.4) is 0 Å². The van der Waals surface area contributed by atoms with Crippen molar-refractivity contribution < 1.29 is 4.79 Å². The van der Waals surface area contributed by atoms with E-state index >= 15 is 0 Å². The van der Waals surface area contributed by atoms with Gasteiger partial charge in [0.1, 0.15) is 5.69 Å². The maximum atomic E-state index is 11.9. The van der Waals surface area contributed by atoms with Gasteiger partial charge in [-0.1, -0.05) is 19.4 Å². The van der Waals surface area contributed by atoms with Gasteiger partial charge in [0.05, 0.1) is 6.54 Å². The van der Waals surface area contributed by atoms with Crippen molar-refractivity contribution in [2.24, 2.45) is 0 Å². The van der Waals surface area contributed by atoms with Crippen LogP contribution in [0, 0.1) is 0 Å². The van der Waals surface area contributed by atoms with Crippen LogP contribution in [-0.4, -0.2) is 15.9 Å². The highest BCUT2D eigenvalue weighted by molar-refractivity contribution is 5.92. The molecular formula is C14H17N3O2. The first-order valence-corrected chi connectivity index (χ1v) is 6.33. The molecule has 1 amide bonds. The molecule has 2 aromatic rings. The third kappa shape index (κ3) is 3.58. The first kappa shape index (κ1) is 13.1. The second kappa shape index (κ2) is 6.04. The molecule has 2 heterocycles. The predicted molar refractivity (Wildman–Crippen MR) is 73.0 cm³/mol. The number of hydrogen-bond acceptors (Lipinski definition) is 2. The van der Waals surface area contributed by atoms with Crippen LogP contribution in [-0.2, 0) is 13.0 Å². The first-order valence-electron chi connectivity index (χ1n) is 6.33. The van der Waals surface area contributed by atoms with E-state index in [1.807, 2.05) is 6.07 Å². The Morgan fingerprint density at radius 1 is 1.16 bits per heavy atom. The van der Waals surface area contributed by atoms with Crippen molar-refractivity contribution in [1.82, 2.24) is 15.3 Å². The number of aryl methyl sites for hydroxylation is 1. The summed E-state index contributed by atoms with van der Waals surface area (Å²) in [5.41, 5.74) is 2.11. The molecule has 2 aromatic heterocycles. The van der Waals surface area contributed by atoms with Crippen LogP contribution in [0.2, 0.25) is 0 Å². The van der Waals surface area contributed by atoms with Crippen molar-refractivity contribution in [3.63, 3.8) is 0 Å². The largest absolute Gasteiger partial charge is 0.354 e. The molecule has 5 nitrogen and oxygen atoms in total. The van der Waals surface area contributed by atoms with Gasteiger partial charge in [0.2, 0.25) is 5.56 Å². The first-order chi connectivity index (χ1) is 9.19. The van der Waals surface area contributed by atoms with Gasteiger partial charge in [-0.3, -0.25) is 9.59 Å². The molecule has 5 heteroatoms. The molecule has 0 aliphatic heterocycles. The Morgan fingerprint density at radius 2 is 2.00 bits per heavy atom. The zero-order chi connectivity index (χ0) is 13.7. The highest BCUT2D eigenvalue weighted by Crippen LogP contribution is 2.04. The summed E-state index contributed by atoms with van der Waals surface area (Å²) in [6, 6.07) is 8.55. The second-order valence-corrected chi connectivity index (χ2v) is 4.37. The molecule has 100 valence electrons. The molecule has 0 saturated carbocycles. The third-order valence-electron chi connectivity index (χ3n) is 2.78. The van der Waals surface area contributed by atoms with Crippen LogP contribution in [0.4, 0.5) is 0 Å². The molecule has 0 saturated heterocycles. The minimum Gasteiger partial charge on any atom is -0.354 e. The molecule has 0 fully saturated rings. The van der Waals surface area contributed by atoms with Gasteiger partial charge < -0.3 is 15.3 Å². The summed E-state index contributed by atoms with van der Waals surface area (Å²) in [5, 5.41) is 2.76. The van der Waals surface area contributed by atoms with E-state index in [4.69, 9.17) is 0 Å². The number of amides is 1. The number of carbonyl (C=O) groups excluding carboxylic acids is 1. The summed E-state index contributed by atoms with van der Waals surface area (Å²) in [7, 11) is 0. The fraction of sp³-hybridized carbons (Fsp3) is 0.286. The van der Waals surface area contributed by atoms with Gasteiger partial charge >= 0.3 is 0 Å². The van der Waals surface area contributed by atoms with Gasteiger partial charge in [-0.05, 0) is 24.6 Å². The highest BCUT2D eigenvalue weighted by atomic mass is 16.2. The summed E-state index contributed by atoms with van der Waals surface area (Å²) >= 11 is 0. The normalized spacial score (nSPS) is 10.4. The van der Waals surface area contributed by atoms with E-state index in [9.17, 15) is 9.59 Å². The van der Waals surface area contributed by atoms with Gasteiger partial charge in [-0.25, -0.2) is 0 Å². The maximum Gasteiger partial charge on any atom is 0.268 e. The van der Waals surface area contributed by atoms with E-state index in [0.29, 0.717) is 17.9 Å². The van der Waals surface area contributed by atoms with Gasteiger partial charge in [-0.2, -0.15) is 0 Å². The van der Waals surface area contributed by atoms with E-state index in [0.717, 1.165) is 18.5 Å². The second-order valence-electron chi connectivity index (χ2n) is 4.37. The lowest BCUT2D eigenvalue weighted by molar-refractivity contribution is 0.0946. The topological polar surface area (TPSA) is 77.8 Å². The minimum atomic E-state index is -0.174. The quantitative estimate of drug-likeness (QED) is 0.762. The van der Waals surface area contributed by atoms with Crippen LogP contribution in [0.25, 0.3) is 0 Å². The lowest BCUT2D eigenvalue weighted by atomic mass is 10.3. The van der Waals surface area contributed by atoms with Crippen LogP contribution in [0.1, 0.15) is 35.2 Å². The molecule has 19 heavy (non-hydrogen) atoms. The fourth-order valence-corrected chi connectivity index (χ4v) is 1.85. The Morgan fingerprint density at radius 3 is 2.74 bits per heavy atom. The monoisotopic (exact) mass is 259 g/mol. The number of nitrogens with one attached hydrogen (secondary N) is 3. The molecule has 0 atom stereocenters. The van der Waals surface area contributed by atoms with Crippen molar-refractivity contribution in [1.29, 1.82) is 0 Å². The van der Waals surface area contributed by atoms with Gasteiger partial charge in [0, 0.05) is 17.5 Å². The molecular weight excluding hydrogens is 242 g/mol. The van der Waals surface area contributed by atoms with Crippen molar-refractivity contribution in [3.05, 3.63) is 57.8 Å². The Kier molecular flexibility index (Phi) is 4.18. The molecule has 0 radical (unpaired) electrons. The Balaban J connectivity index is 1.95. The number of rotatable bonds is 5. The van der Waals surface area contributed by atoms with E-state index in [-0.39, 0.29) is 11.5 Å². The summed E-state index contributed by atoms with van der Waals surface area (Å²) in [5.74, 6) is -0.174. The molecule has 0 aliphatic carbocycles. The minimum absolute atomic E-state index is 0.170. The lowest BCUT2D eigenvalue weighted by Crippen LogP contribution is -2.24. The van der Waals surface area contributed by atoms with Crippen LogP contribution in [0.5, 0.6) is 0 Å². The van der Waals surface area contributed by atoms with Crippen LogP contribution < -0.4 is 10.9 Å². The average molecular weight is 259 g/mol. The van der Waals surface area contributed by atoms with Crippen molar-refractivity contribution in [2.45, 2.75) is 26.3 Å². The molecule has 2 rings (SSSR count). The van der Waals surface area contributed by atoms with Crippen LogP contribution >= 0.6 is 0 Å². The average Bonchev–Trinajstić information content (AvgIpc) is 2.85. The summed E-state index contributed by atoms with van der Waals surface area (Å²) in [6.45, 7) is 2.39. The van der Waals surface area contributed by atoms with E-state index in [2.05, 4.69) is 22.2 Å². The van der Waals surface area contributed by atoms with Crippen LogP contribution in [0.15, 0.2) is 35.1 Å². The SMILES string of the molecule is CCCc1ccc(C(=O)NCc2cccc(=O)[nH]2)[nH]1. The number of aromatic nitrogens is 2. The molecule has 0 aliphatic rings. The third-order valence-corrected chi connectivity index (χ3v) is 2.78. The van der Waals surface area contributed by atoms with Crippen molar-refractivity contribution >= 4 is 5.91 Å². The number of carbonyl (C=O) groups is 1. The Labute approximate surface area is 111 Å². The molecule has 0 aromatic carbocycles. The van der Waals surface area contributed by atoms with Gasteiger partial charge in [0.15, 0.2) is 0 Å². The molecule has 0 spiro atoms. The number of H-pyrrole nitrogens is 2. The van der Waals surface area contributed by atoms with E-state index in [1.54, 1.807) is 18.2 Å². The van der Waals surface area contributed by atoms with E-state index < -0.39 is 0 Å². The molecule has 0 unspecified atom stereocenters. The molecule has 3 N–H and O–H groups in total. The van der Waals surface area contributed by atoms with Gasteiger partial charge in [0.25, 0.3) is 5.91 Å². The summed E-state index contributed by atoms with van der Waals surface area (Å²) in [4.78, 5) is 28.7. The lowest BCUT2D eigenvalue weighted by Gasteiger charge is -2.03. The fourth-order valence-electron chi connectivity index (χ4n) is 1.85. The predicted octanol–water partition coefficient (Wildman–Crippen LogP) is 1.59. The molecule has 0 bridgehead atoms. The number of hydrogen-bond donors (Lipinski definition) is 3. The zero-order valence-electron chi connectivity index (χ0n) is 10.8. The highest BCUT2D eigenvalue weighted by Gasteiger charge is 2.07. The zero-order valence-corrected chi connectivity index (χ0v) is 10.8. The van der Waals surface area contributed by atoms with Crippen molar-refractivity contribution in [3.8, 4) is 0 Å². The summed E-state index contributed by atoms with van der Waals surface area (Å²) in [6.07, 6.45) is 1.96. The Bertz CT molecular complexity index is 613. The number of pyridine rings is 1. The maximum absolute atomic E-state index is 11.9.